The Bertz CT molecular complexity index is 209. The van der Waals surface area contributed by atoms with Crippen molar-refractivity contribution in [2.45, 2.75) is 32.0 Å². The van der Waals surface area contributed by atoms with E-state index in [1.165, 1.54) is 0 Å². The van der Waals surface area contributed by atoms with E-state index < -0.39 is 14.5 Å². The van der Waals surface area contributed by atoms with Crippen LogP contribution in [0.2, 0.25) is 6.04 Å². The molecule has 0 aliphatic heterocycles. The van der Waals surface area contributed by atoms with Crippen LogP contribution in [-0.2, 0) is 18.4 Å². The molecule has 16 heavy (non-hydrogen) atoms. The molecule has 0 aromatic carbocycles. The maximum absolute atomic E-state index is 11.1. The lowest BCUT2D eigenvalue weighted by Crippen LogP contribution is -2.53. The second-order valence-corrected chi connectivity index (χ2v) is 6.90. The van der Waals surface area contributed by atoms with Crippen LogP contribution in [0.4, 0.5) is 0 Å². The fourth-order valence-electron chi connectivity index (χ4n) is 1.54. The number of carbonyl (C=O) groups is 1. The van der Waals surface area contributed by atoms with E-state index >= 15 is 0 Å². The topological polar surface area (TPSA) is 44.8 Å². The average Bonchev–Trinajstić information content (AvgIpc) is 2.29. The first-order valence-corrected chi connectivity index (χ1v) is 7.13. The van der Waals surface area contributed by atoms with Crippen LogP contribution < -0.4 is 0 Å². The third-order valence-corrected chi connectivity index (χ3v) is 6.35. The van der Waals surface area contributed by atoms with Gasteiger partial charge < -0.3 is 13.6 Å². The van der Waals surface area contributed by atoms with Crippen LogP contribution in [-0.4, -0.2) is 45.4 Å². The van der Waals surface area contributed by atoms with Crippen LogP contribution in [0.5, 0.6) is 0 Å². The van der Waals surface area contributed by atoms with Gasteiger partial charge in [0.15, 0.2) is 0 Å². The van der Waals surface area contributed by atoms with Crippen LogP contribution >= 0.6 is 0 Å². The van der Waals surface area contributed by atoms with Gasteiger partial charge in [0.25, 0.3) is 0 Å². The molecule has 0 N–H and O–H groups in total. The third kappa shape index (κ3) is 4.21. The molecule has 1 atom stereocenters. The predicted molar refractivity (Wildman–Crippen MR) is 72.0 cm³/mol. The van der Waals surface area contributed by atoms with Gasteiger partial charge in [-0.3, -0.25) is 0 Å². The first-order valence-electron chi connectivity index (χ1n) is 5.03. The Morgan fingerprint density at radius 2 is 1.88 bits per heavy atom. The molecule has 0 saturated heterocycles. The highest BCUT2D eigenvalue weighted by Gasteiger charge is 2.44. The van der Waals surface area contributed by atoms with Crippen LogP contribution in [0.15, 0.2) is 12.7 Å². The van der Waals surface area contributed by atoms with Crippen molar-refractivity contribution < 1.29 is 18.4 Å². The van der Waals surface area contributed by atoms with Crippen molar-refractivity contribution in [2.24, 2.45) is 0 Å². The summed E-state index contributed by atoms with van der Waals surface area (Å²) in [5.74, 6) is -0.429. The van der Waals surface area contributed by atoms with Crippen LogP contribution in [0, 0.1) is 0 Å². The largest absolute Gasteiger partial charge is 0.457 e. The Hall–Kier alpha value is -0.436. The number of carbonyl (C=O) groups excluding carboxylic acids is 1. The van der Waals surface area contributed by atoms with Crippen LogP contribution in [0.25, 0.3) is 0 Å². The molecule has 0 aromatic rings. The number of esters is 1. The summed E-state index contributed by atoms with van der Waals surface area (Å²) in [5, 5.41) is 0. The Morgan fingerprint density at radius 3 is 2.12 bits per heavy atom. The zero-order chi connectivity index (χ0) is 11.9. The number of hydrogen-bond donors (Lipinski definition) is 0. The predicted octanol–water partition coefficient (Wildman–Crippen LogP) is 0.337. The van der Waals surface area contributed by atoms with Crippen molar-refractivity contribution in [3.8, 4) is 0 Å². The van der Waals surface area contributed by atoms with E-state index in [0.29, 0.717) is 6.42 Å². The maximum Gasteiger partial charge on any atom is 0.379 e. The standard InChI is InChI=1S/C10H20O4Si.H4Si/c1-6-9(11)14-10(7-2)15(8-3,12-4)13-5;/h6,10H,1,7-8H2,2-5H3;1H4. The Labute approximate surface area is 103 Å². The highest BCUT2D eigenvalue weighted by molar-refractivity contribution is 6.68. The summed E-state index contributed by atoms with van der Waals surface area (Å²) in [7, 11) is 0.785. The summed E-state index contributed by atoms with van der Waals surface area (Å²) in [4.78, 5) is 11.1. The van der Waals surface area contributed by atoms with E-state index in [1.807, 2.05) is 13.8 Å². The van der Waals surface area contributed by atoms with Gasteiger partial charge in [0, 0.05) is 20.3 Å². The Kier molecular flexibility index (Phi) is 9.74. The van der Waals surface area contributed by atoms with Crippen LogP contribution in [0.3, 0.4) is 0 Å². The first-order chi connectivity index (χ1) is 7.10. The van der Waals surface area contributed by atoms with Gasteiger partial charge >= 0.3 is 14.5 Å². The SMILES string of the molecule is C=CC(=O)OC(CC)[Si](CC)(OC)OC.[SiH4]. The van der Waals surface area contributed by atoms with Gasteiger partial charge in [-0.25, -0.2) is 4.79 Å². The highest BCUT2D eigenvalue weighted by Crippen LogP contribution is 2.21. The lowest BCUT2D eigenvalue weighted by Gasteiger charge is -2.32. The second-order valence-electron chi connectivity index (χ2n) is 3.11. The van der Waals surface area contributed by atoms with E-state index in [2.05, 4.69) is 6.58 Å². The van der Waals surface area contributed by atoms with Crippen molar-refractivity contribution in [3.63, 3.8) is 0 Å². The third-order valence-electron chi connectivity index (χ3n) is 2.47. The zero-order valence-corrected chi connectivity index (χ0v) is 10.9. The van der Waals surface area contributed by atoms with Crippen molar-refractivity contribution >= 4 is 25.5 Å². The van der Waals surface area contributed by atoms with Gasteiger partial charge in [0.2, 0.25) is 0 Å². The molecule has 0 saturated carbocycles. The summed E-state index contributed by atoms with van der Waals surface area (Å²) < 4.78 is 16.1. The molecule has 0 aromatic heterocycles. The molecule has 0 radical (unpaired) electrons. The minimum Gasteiger partial charge on any atom is -0.457 e. The normalized spacial score (nSPS) is 12.5. The van der Waals surface area contributed by atoms with Gasteiger partial charge in [-0.1, -0.05) is 20.4 Å². The Morgan fingerprint density at radius 1 is 1.38 bits per heavy atom. The number of ether oxygens (including phenoxy) is 1. The fraction of sp³-hybridized carbons (Fsp3) is 0.700. The maximum atomic E-state index is 11.1. The molecule has 0 heterocycles. The zero-order valence-electron chi connectivity index (χ0n) is 9.91. The number of hydrogen-bond acceptors (Lipinski definition) is 4. The minimum atomic E-state index is -2.42. The summed E-state index contributed by atoms with van der Waals surface area (Å²) in [6, 6.07) is 0.739. The first kappa shape index (κ1) is 17.9. The smallest absolute Gasteiger partial charge is 0.379 e. The van der Waals surface area contributed by atoms with Gasteiger partial charge in [-0.2, -0.15) is 0 Å². The van der Waals surface area contributed by atoms with E-state index in [9.17, 15) is 4.79 Å². The molecule has 0 aliphatic rings. The van der Waals surface area contributed by atoms with Crippen molar-refractivity contribution in [3.05, 3.63) is 12.7 Å². The van der Waals surface area contributed by atoms with E-state index in [1.54, 1.807) is 14.2 Å². The monoisotopic (exact) mass is 264 g/mol. The van der Waals surface area contributed by atoms with Gasteiger partial charge in [-0.05, 0) is 23.4 Å². The van der Waals surface area contributed by atoms with E-state index in [-0.39, 0.29) is 16.7 Å². The average molecular weight is 264 g/mol. The molecule has 96 valence electrons. The van der Waals surface area contributed by atoms with Crippen LogP contribution in [0.1, 0.15) is 20.3 Å². The molecule has 0 aliphatic carbocycles. The molecule has 4 nitrogen and oxygen atoms in total. The van der Waals surface area contributed by atoms with E-state index in [0.717, 1.165) is 12.1 Å². The quantitative estimate of drug-likeness (QED) is 0.378. The molecule has 0 rings (SSSR count). The molecule has 0 fully saturated rings. The molecular weight excluding hydrogens is 240 g/mol. The molecular formula is C10H24O4Si2. The van der Waals surface area contributed by atoms with E-state index in [4.69, 9.17) is 13.6 Å². The molecule has 1 unspecified atom stereocenters. The minimum absolute atomic E-state index is 0. The van der Waals surface area contributed by atoms with Crippen molar-refractivity contribution in [1.29, 1.82) is 0 Å². The molecule has 0 spiro atoms. The van der Waals surface area contributed by atoms with Crippen molar-refractivity contribution in [1.82, 2.24) is 0 Å². The lowest BCUT2D eigenvalue weighted by molar-refractivity contribution is -0.141. The summed E-state index contributed by atoms with van der Waals surface area (Å²) in [6.07, 6.45) is 1.84. The fourth-order valence-corrected chi connectivity index (χ4v) is 4.18. The second kappa shape index (κ2) is 8.69. The summed E-state index contributed by atoms with van der Waals surface area (Å²) in [6.45, 7) is 7.28. The summed E-state index contributed by atoms with van der Waals surface area (Å²) >= 11 is 0. The van der Waals surface area contributed by atoms with Crippen molar-refractivity contribution in [2.75, 3.05) is 14.2 Å². The Balaban J connectivity index is 0. The molecule has 6 heteroatoms. The van der Waals surface area contributed by atoms with Gasteiger partial charge in [0.05, 0.1) is 0 Å². The molecule has 0 bridgehead atoms. The lowest BCUT2D eigenvalue weighted by atomic mass is 10.5. The number of rotatable bonds is 7. The van der Waals surface area contributed by atoms with Gasteiger partial charge in [0.1, 0.15) is 5.73 Å². The summed E-state index contributed by atoms with van der Waals surface area (Å²) in [5.41, 5.74) is -0.289. The highest BCUT2D eigenvalue weighted by atomic mass is 28.4. The van der Waals surface area contributed by atoms with Gasteiger partial charge in [-0.15, -0.1) is 0 Å². The molecule has 0 amide bonds.